The third-order valence-electron chi connectivity index (χ3n) is 4.02. The number of nitrogens with one attached hydrogen (secondary N) is 2. The average molecular weight is 387 g/mol. The minimum absolute atomic E-state index is 0.0106. The van der Waals surface area contributed by atoms with Crippen LogP contribution in [0.5, 0.6) is 0 Å². The van der Waals surface area contributed by atoms with E-state index in [1.54, 1.807) is 13.3 Å². The molecule has 142 valence electrons. The fourth-order valence-electron chi connectivity index (χ4n) is 2.74. The van der Waals surface area contributed by atoms with Crippen LogP contribution in [0.1, 0.15) is 24.5 Å². The van der Waals surface area contributed by atoms with Gasteiger partial charge in [0.25, 0.3) is 0 Å². The molecule has 4 N–H and O–H groups in total. The highest BCUT2D eigenvalue weighted by Gasteiger charge is 2.19. The molecule has 1 unspecified atom stereocenters. The van der Waals surface area contributed by atoms with E-state index < -0.39 is 15.4 Å². The van der Waals surface area contributed by atoms with Crippen LogP contribution in [0.3, 0.4) is 0 Å². The first-order valence-corrected chi connectivity index (χ1v) is 10.1. The maximum atomic E-state index is 12.5. The summed E-state index contributed by atoms with van der Waals surface area (Å²) in [5, 5.41) is -0.142. The van der Waals surface area contributed by atoms with Crippen LogP contribution in [0.2, 0.25) is 0 Å². The standard InChI is InChI=1S/C17H21N7O2S/c1-3-8-27(19,26)16-22-14(18)13-15(23-16)24(17(25)21-13)10-12-6-4-11(5-7-12)9-20-2/h4-7,9,19H,3,8,10H2,1-2H3,(H,21,25)(H2,18,22,23)/b20-9-. The quantitative estimate of drug-likeness (QED) is 0.435. The zero-order chi connectivity index (χ0) is 19.6. The summed E-state index contributed by atoms with van der Waals surface area (Å²) in [7, 11) is -1.46. The van der Waals surface area contributed by atoms with E-state index in [2.05, 4.69) is 19.9 Å². The Balaban J connectivity index is 2.08. The second-order valence-electron chi connectivity index (χ2n) is 6.11. The Kier molecular flexibility index (Phi) is 5.08. The van der Waals surface area contributed by atoms with Gasteiger partial charge in [0.2, 0.25) is 5.16 Å². The monoisotopic (exact) mass is 387 g/mol. The predicted molar refractivity (Wildman–Crippen MR) is 106 cm³/mol. The summed E-state index contributed by atoms with van der Waals surface area (Å²) in [6, 6.07) is 7.57. The lowest BCUT2D eigenvalue weighted by Crippen LogP contribution is -2.18. The predicted octanol–water partition coefficient (Wildman–Crippen LogP) is 1.61. The maximum absolute atomic E-state index is 12.5. The molecule has 1 atom stereocenters. The fraction of sp³-hybridized carbons (Fsp3) is 0.294. The molecule has 27 heavy (non-hydrogen) atoms. The first kappa shape index (κ1) is 18.8. The van der Waals surface area contributed by atoms with Crippen LogP contribution >= 0.6 is 0 Å². The molecule has 0 saturated carbocycles. The van der Waals surface area contributed by atoms with Crippen molar-refractivity contribution in [1.82, 2.24) is 19.5 Å². The van der Waals surface area contributed by atoms with Gasteiger partial charge in [-0.2, -0.15) is 4.98 Å². The molecule has 0 amide bonds. The molecule has 0 aliphatic heterocycles. The van der Waals surface area contributed by atoms with E-state index in [-0.39, 0.29) is 34.4 Å². The van der Waals surface area contributed by atoms with E-state index in [0.29, 0.717) is 6.42 Å². The summed E-state index contributed by atoms with van der Waals surface area (Å²) < 4.78 is 22.0. The summed E-state index contributed by atoms with van der Waals surface area (Å²) in [4.78, 5) is 27.2. The molecule has 3 aromatic rings. The molecule has 0 aliphatic carbocycles. The van der Waals surface area contributed by atoms with Crippen molar-refractivity contribution in [2.45, 2.75) is 25.0 Å². The highest BCUT2D eigenvalue weighted by atomic mass is 32.2. The van der Waals surface area contributed by atoms with Gasteiger partial charge >= 0.3 is 5.69 Å². The average Bonchev–Trinajstić information content (AvgIpc) is 2.93. The molecular weight excluding hydrogens is 366 g/mol. The molecule has 0 fully saturated rings. The number of nitrogens with two attached hydrogens (primary N) is 1. The van der Waals surface area contributed by atoms with Crippen LogP contribution in [0, 0.1) is 4.78 Å². The maximum Gasteiger partial charge on any atom is 0.328 e. The van der Waals surface area contributed by atoms with Crippen LogP contribution < -0.4 is 11.4 Å². The SMILES string of the molecule is CCCS(=N)(=O)c1nc(N)c2[nH]c(=O)n(Cc3ccc(/C=N\C)cc3)c2n1. The number of aromatic nitrogens is 4. The van der Waals surface area contributed by atoms with Crippen molar-refractivity contribution >= 4 is 32.9 Å². The third kappa shape index (κ3) is 3.75. The van der Waals surface area contributed by atoms with E-state index in [1.165, 1.54) is 4.57 Å². The lowest BCUT2D eigenvalue weighted by atomic mass is 10.1. The van der Waals surface area contributed by atoms with Gasteiger partial charge in [0, 0.05) is 19.0 Å². The second-order valence-corrected chi connectivity index (χ2v) is 8.24. The van der Waals surface area contributed by atoms with E-state index in [9.17, 15) is 9.00 Å². The normalized spacial score (nSPS) is 14.0. The first-order valence-electron chi connectivity index (χ1n) is 8.39. The van der Waals surface area contributed by atoms with Crippen LogP contribution in [0.4, 0.5) is 5.82 Å². The number of aromatic amines is 1. The second kappa shape index (κ2) is 7.31. The Hall–Kier alpha value is -3.01. The Morgan fingerprint density at radius 1 is 1.33 bits per heavy atom. The Bertz CT molecular complexity index is 1160. The molecule has 3 rings (SSSR count). The van der Waals surface area contributed by atoms with Gasteiger partial charge in [-0.05, 0) is 17.5 Å². The molecule has 0 aliphatic rings. The van der Waals surface area contributed by atoms with Crippen LogP contribution in [-0.2, 0) is 16.3 Å². The van der Waals surface area contributed by atoms with Gasteiger partial charge in [0.05, 0.1) is 6.54 Å². The van der Waals surface area contributed by atoms with E-state index in [1.807, 2.05) is 31.2 Å². The number of nitrogens with zero attached hydrogens (tertiary/aromatic N) is 4. The van der Waals surface area contributed by atoms with Gasteiger partial charge in [-0.3, -0.25) is 9.56 Å². The molecule has 9 nitrogen and oxygen atoms in total. The third-order valence-corrected chi connectivity index (χ3v) is 5.77. The molecule has 2 heterocycles. The lowest BCUT2D eigenvalue weighted by molar-refractivity contribution is 0.665. The Morgan fingerprint density at radius 2 is 2.04 bits per heavy atom. The number of anilines is 1. The molecule has 0 bridgehead atoms. The number of imidazole rings is 1. The highest BCUT2D eigenvalue weighted by molar-refractivity contribution is 7.92. The number of nitrogen functional groups attached to an aromatic ring is 1. The van der Waals surface area contributed by atoms with Crippen molar-refractivity contribution in [3.8, 4) is 0 Å². The molecule has 10 heteroatoms. The number of H-pyrrole nitrogens is 1. The van der Waals surface area contributed by atoms with Crippen molar-refractivity contribution in [1.29, 1.82) is 4.78 Å². The number of hydrogen-bond donors (Lipinski definition) is 3. The molecule has 0 radical (unpaired) electrons. The largest absolute Gasteiger partial charge is 0.382 e. The zero-order valence-corrected chi connectivity index (χ0v) is 15.9. The van der Waals surface area contributed by atoms with E-state index >= 15 is 0 Å². The van der Waals surface area contributed by atoms with Gasteiger partial charge in [0.15, 0.2) is 11.5 Å². The lowest BCUT2D eigenvalue weighted by Gasteiger charge is -2.08. The number of aliphatic imine (C=N–C) groups is 1. The van der Waals surface area contributed by atoms with Gasteiger partial charge in [-0.25, -0.2) is 18.8 Å². The van der Waals surface area contributed by atoms with Gasteiger partial charge in [0.1, 0.15) is 15.2 Å². The van der Waals surface area contributed by atoms with Crippen LogP contribution in [-0.4, -0.2) is 42.7 Å². The molecule has 0 spiro atoms. The number of rotatable bonds is 6. The minimum atomic E-state index is -3.16. The molecule has 2 aromatic heterocycles. The first-order chi connectivity index (χ1) is 12.9. The van der Waals surface area contributed by atoms with Crippen LogP contribution in [0.25, 0.3) is 11.2 Å². The van der Waals surface area contributed by atoms with E-state index in [0.717, 1.165) is 11.1 Å². The molecule has 1 aromatic carbocycles. The topological polar surface area (TPSA) is 143 Å². The van der Waals surface area contributed by atoms with Gasteiger partial charge in [-0.1, -0.05) is 31.2 Å². The number of fused-ring (bicyclic) bond motifs is 1. The summed E-state index contributed by atoms with van der Waals surface area (Å²) in [6.45, 7) is 2.08. The summed E-state index contributed by atoms with van der Waals surface area (Å²) in [5.74, 6) is 0.143. The zero-order valence-electron chi connectivity index (χ0n) is 15.1. The number of hydrogen-bond acceptors (Lipinski definition) is 7. The van der Waals surface area contributed by atoms with Crippen molar-refractivity contribution in [2.75, 3.05) is 18.5 Å². The summed E-state index contributed by atoms with van der Waals surface area (Å²) in [6.07, 6.45) is 2.29. The van der Waals surface area contributed by atoms with Crippen molar-refractivity contribution in [3.05, 3.63) is 45.9 Å². The number of benzene rings is 1. The molecular formula is C17H21N7O2S. The minimum Gasteiger partial charge on any atom is -0.382 e. The van der Waals surface area contributed by atoms with Gasteiger partial charge in [-0.15, -0.1) is 0 Å². The summed E-state index contributed by atoms with van der Waals surface area (Å²) in [5.41, 5.74) is 7.89. The van der Waals surface area contributed by atoms with Gasteiger partial charge < -0.3 is 10.7 Å². The Labute approximate surface area is 156 Å². The van der Waals surface area contributed by atoms with Crippen LogP contribution in [0.15, 0.2) is 39.2 Å². The van der Waals surface area contributed by atoms with Crippen molar-refractivity contribution in [2.24, 2.45) is 4.99 Å². The highest BCUT2D eigenvalue weighted by Crippen LogP contribution is 2.19. The van der Waals surface area contributed by atoms with E-state index in [4.69, 9.17) is 10.5 Å². The Morgan fingerprint density at radius 3 is 2.67 bits per heavy atom. The fourth-order valence-corrected chi connectivity index (χ4v) is 3.98. The summed E-state index contributed by atoms with van der Waals surface area (Å²) >= 11 is 0. The van der Waals surface area contributed by atoms with Crippen molar-refractivity contribution < 1.29 is 4.21 Å². The molecule has 0 saturated heterocycles. The smallest absolute Gasteiger partial charge is 0.328 e. The van der Waals surface area contributed by atoms with Crippen molar-refractivity contribution in [3.63, 3.8) is 0 Å².